The predicted octanol–water partition coefficient (Wildman–Crippen LogP) is 3.90. The second kappa shape index (κ2) is 7.64. The van der Waals surface area contributed by atoms with E-state index in [9.17, 15) is 0 Å². The Hall–Kier alpha value is -0.0800. The molecule has 0 radical (unpaired) electrons. The van der Waals surface area contributed by atoms with E-state index in [-0.39, 0.29) is 0 Å². The van der Waals surface area contributed by atoms with Gasteiger partial charge in [0.05, 0.1) is 0 Å². The van der Waals surface area contributed by atoms with E-state index in [1.165, 1.54) is 45.2 Å². The molecule has 1 fully saturated rings. The van der Waals surface area contributed by atoms with Crippen LogP contribution in [-0.4, -0.2) is 30.1 Å². The highest BCUT2D eigenvalue weighted by atomic mass is 15.2. The Kier molecular flexibility index (Phi) is 6.82. The van der Waals surface area contributed by atoms with Crippen LogP contribution in [0, 0.1) is 17.8 Å². The summed E-state index contributed by atoms with van der Waals surface area (Å²) in [6.45, 7) is 14.9. The van der Waals surface area contributed by atoms with Gasteiger partial charge in [-0.05, 0) is 43.4 Å². The molecule has 0 aromatic heterocycles. The Labute approximate surface area is 121 Å². The first-order valence-electron chi connectivity index (χ1n) is 8.38. The van der Waals surface area contributed by atoms with Crippen molar-refractivity contribution in [1.82, 2.24) is 4.90 Å². The SMILES string of the molecule is CCC1CCC(CN)(N(CC(C)C)CC(C)C)CC1. The topological polar surface area (TPSA) is 29.3 Å². The molecular formula is C17H36N2. The van der Waals surface area contributed by atoms with Gasteiger partial charge >= 0.3 is 0 Å². The van der Waals surface area contributed by atoms with Gasteiger partial charge in [0.2, 0.25) is 0 Å². The Bertz CT molecular complexity index is 230. The van der Waals surface area contributed by atoms with E-state index in [0.717, 1.165) is 24.3 Å². The largest absolute Gasteiger partial charge is 0.329 e. The summed E-state index contributed by atoms with van der Waals surface area (Å²) in [7, 11) is 0. The Morgan fingerprint density at radius 1 is 1.05 bits per heavy atom. The average molecular weight is 268 g/mol. The van der Waals surface area contributed by atoms with Crippen LogP contribution in [0.5, 0.6) is 0 Å². The van der Waals surface area contributed by atoms with Crippen molar-refractivity contribution in [2.75, 3.05) is 19.6 Å². The van der Waals surface area contributed by atoms with E-state index >= 15 is 0 Å². The first-order chi connectivity index (χ1) is 8.93. The van der Waals surface area contributed by atoms with Crippen molar-refractivity contribution in [3.63, 3.8) is 0 Å². The Morgan fingerprint density at radius 3 is 1.84 bits per heavy atom. The molecule has 1 aliphatic rings. The number of rotatable bonds is 7. The molecule has 19 heavy (non-hydrogen) atoms. The van der Waals surface area contributed by atoms with E-state index in [1.54, 1.807) is 0 Å². The van der Waals surface area contributed by atoms with Crippen LogP contribution < -0.4 is 5.73 Å². The number of hydrogen-bond donors (Lipinski definition) is 1. The summed E-state index contributed by atoms with van der Waals surface area (Å²) >= 11 is 0. The molecule has 0 aromatic carbocycles. The van der Waals surface area contributed by atoms with Crippen molar-refractivity contribution < 1.29 is 0 Å². The molecule has 0 unspecified atom stereocenters. The van der Waals surface area contributed by atoms with E-state index in [4.69, 9.17) is 5.73 Å². The summed E-state index contributed by atoms with van der Waals surface area (Å²) in [5.74, 6) is 2.40. The fourth-order valence-electron chi connectivity index (χ4n) is 3.62. The van der Waals surface area contributed by atoms with E-state index in [2.05, 4.69) is 39.5 Å². The van der Waals surface area contributed by atoms with Crippen LogP contribution in [-0.2, 0) is 0 Å². The van der Waals surface area contributed by atoms with Crippen molar-refractivity contribution in [3.8, 4) is 0 Å². The molecule has 2 nitrogen and oxygen atoms in total. The zero-order chi connectivity index (χ0) is 14.5. The third kappa shape index (κ3) is 4.75. The van der Waals surface area contributed by atoms with Gasteiger partial charge in [0.25, 0.3) is 0 Å². The van der Waals surface area contributed by atoms with Crippen molar-refractivity contribution in [2.45, 2.75) is 72.3 Å². The molecule has 0 saturated heterocycles. The quantitative estimate of drug-likeness (QED) is 0.759. The molecule has 0 amide bonds. The van der Waals surface area contributed by atoms with E-state index in [0.29, 0.717) is 5.54 Å². The molecule has 0 bridgehead atoms. The van der Waals surface area contributed by atoms with Gasteiger partial charge in [-0.3, -0.25) is 4.90 Å². The third-order valence-electron chi connectivity index (χ3n) is 4.84. The molecule has 0 aliphatic heterocycles. The molecular weight excluding hydrogens is 232 g/mol. The molecule has 2 N–H and O–H groups in total. The molecule has 1 aliphatic carbocycles. The van der Waals surface area contributed by atoms with Gasteiger partial charge < -0.3 is 5.73 Å². The van der Waals surface area contributed by atoms with Crippen LogP contribution in [0.15, 0.2) is 0 Å². The smallest absolute Gasteiger partial charge is 0.0332 e. The van der Waals surface area contributed by atoms with Gasteiger partial charge in [-0.15, -0.1) is 0 Å². The van der Waals surface area contributed by atoms with Crippen LogP contribution in [0.2, 0.25) is 0 Å². The minimum Gasteiger partial charge on any atom is -0.329 e. The lowest BCUT2D eigenvalue weighted by Gasteiger charge is -2.49. The molecule has 2 heteroatoms. The van der Waals surface area contributed by atoms with Gasteiger partial charge in [0.15, 0.2) is 0 Å². The summed E-state index contributed by atoms with van der Waals surface area (Å²) in [5.41, 5.74) is 6.53. The van der Waals surface area contributed by atoms with Gasteiger partial charge in [-0.1, -0.05) is 41.0 Å². The minimum atomic E-state index is 0.292. The normalized spacial score (nSPS) is 28.6. The molecule has 1 saturated carbocycles. The molecule has 0 spiro atoms. The summed E-state index contributed by atoms with van der Waals surface area (Å²) in [4.78, 5) is 2.73. The monoisotopic (exact) mass is 268 g/mol. The van der Waals surface area contributed by atoms with Crippen molar-refractivity contribution in [3.05, 3.63) is 0 Å². The fraction of sp³-hybridized carbons (Fsp3) is 1.00. The van der Waals surface area contributed by atoms with Crippen molar-refractivity contribution in [2.24, 2.45) is 23.5 Å². The average Bonchev–Trinajstić information content (AvgIpc) is 2.37. The highest BCUT2D eigenvalue weighted by Gasteiger charge is 2.39. The van der Waals surface area contributed by atoms with Crippen LogP contribution in [0.3, 0.4) is 0 Å². The molecule has 0 atom stereocenters. The highest BCUT2D eigenvalue weighted by Crippen LogP contribution is 2.38. The Morgan fingerprint density at radius 2 is 1.53 bits per heavy atom. The molecule has 0 aromatic rings. The third-order valence-corrected chi connectivity index (χ3v) is 4.84. The maximum absolute atomic E-state index is 6.24. The number of nitrogens with zero attached hydrogens (tertiary/aromatic N) is 1. The van der Waals surface area contributed by atoms with Crippen molar-refractivity contribution >= 4 is 0 Å². The van der Waals surface area contributed by atoms with Crippen LogP contribution in [0.25, 0.3) is 0 Å². The Balaban J connectivity index is 2.76. The number of nitrogens with two attached hydrogens (primary N) is 1. The molecule has 0 heterocycles. The van der Waals surface area contributed by atoms with Crippen LogP contribution >= 0.6 is 0 Å². The summed E-state index contributed by atoms with van der Waals surface area (Å²) in [5, 5.41) is 0. The standard InChI is InChI=1S/C17H36N2/c1-6-16-7-9-17(13-18,10-8-16)19(11-14(2)3)12-15(4)5/h14-16H,6-13,18H2,1-5H3. The second-order valence-electron chi connectivity index (χ2n) is 7.47. The summed E-state index contributed by atoms with van der Waals surface area (Å²) in [6.07, 6.45) is 6.71. The first-order valence-corrected chi connectivity index (χ1v) is 8.38. The fourth-order valence-corrected chi connectivity index (χ4v) is 3.62. The first kappa shape index (κ1) is 17.0. The lowest BCUT2D eigenvalue weighted by molar-refractivity contribution is 0.0237. The predicted molar refractivity (Wildman–Crippen MR) is 85.3 cm³/mol. The minimum absolute atomic E-state index is 0.292. The lowest BCUT2D eigenvalue weighted by atomic mass is 9.74. The number of hydrogen-bond acceptors (Lipinski definition) is 2. The van der Waals surface area contributed by atoms with Crippen molar-refractivity contribution in [1.29, 1.82) is 0 Å². The van der Waals surface area contributed by atoms with E-state index < -0.39 is 0 Å². The zero-order valence-corrected chi connectivity index (χ0v) is 13.9. The van der Waals surface area contributed by atoms with Gasteiger partial charge in [0.1, 0.15) is 0 Å². The summed E-state index contributed by atoms with van der Waals surface area (Å²) in [6, 6.07) is 0. The van der Waals surface area contributed by atoms with Crippen LogP contribution in [0.1, 0.15) is 66.7 Å². The van der Waals surface area contributed by atoms with Gasteiger partial charge in [-0.2, -0.15) is 0 Å². The highest BCUT2D eigenvalue weighted by molar-refractivity contribution is 4.96. The summed E-state index contributed by atoms with van der Waals surface area (Å²) < 4.78 is 0. The van der Waals surface area contributed by atoms with Gasteiger partial charge in [0, 0.05) is 25.2 Å². The molecule has 1 rings (SSSR count). The zero-order valence-electron chi connectivity index (χ0n) is 13.9. The van der Waals surface area contributed by atoms with E-state index in [1.807, 2.05) is 0 Å². The maximum Gasteiger partial charge on any atom is 0.0332 e. The molecule has 114 valence electrons. The second-order valence-corrected chi connectivity index (χ2v) is 7.47. The maximum atomic E-state index is 6.24. The lowest BCUT2D eigenvalue weighted by Crippen LogP contribution is -2.57. The van der Waals surface area contributed by atoms with Gasteiger partial charge in [-0.25, -0.2) is 0 Å². The van der Waals surface area contributed by atoms with Crippen LogP contribution in [0.4, 0.5) is 0 Å².